The second kappa shape index (κ2) is 4.80. The molecule has 0 fully saturated rings. The number of anilines is 1. The third-order valence-electron chi connectivity index (χ3n) is 3.26. The second-order valence-electron chi connectivity index (χ2n) is 4.77. The minimum absolute atomic E-state index is 0.0562. The van der Waals surface area contributed by atoms with Gasteiger partial charge in [0, 0.05) is 12.4 Å². The lowest BCUT2D eigenvalue weighted by Crippen LogP contribution is -2.16. The maximum Gasteiger partial charge on any atom is 0.257 e. The Hall–Kier alpha value is -2.63. The number of hydrogen-bond acceptors (Lipinski definition) is 4. The van der Waals surface area contributed by atoms with E-state index in [0.29, 0.717) is 11.2 Å². The molecular weight excluding hydrogens is 254 g/mol. The zero-order valence-electron chi connectivity index (χ0n) is 11.3. The summed E-state index contributed by atoms with van der Waals surface area (Å²) in [5, 5.41) is 12.7. The Kier molecular flexibility index (Phi) is 2.98. The first-order valence-corrected chi connectivity index (χ1v) is 6.37. The fourth-order valence-electron chi connectivity index (χ4n) is 2.27. The van der Waals surface area contributed by atoms with E-state index in [9.17, 15) is 4.79 Å². The van der Waals surface area contributed by atoms with E-state index >= 15 is 0 Å². The monoisotopic (exact) mass is 269 g/mol. The molecule has 3 aromatic rings. The molecule has 0 amide bonds. The summed E-state index contributed by atoms with van der Waals surface area (Å²) in [6.45, 7) is 1.97. The van der Waals surface area contributed by atoms with E-state index in [1.165, 1.54) is 0 Å². The zero-order chi connectivity index (χ0) is 14.1. The number of nitrogens with one attached hydrogen (secondary N) is 2. The number of aromatic nitrogens is 4. The number of rotatable bonds is 3. The Morgan fingerprint density at radius 3 is 2.90 bits per heavy atom. The molecule has 0 aliphatic carbocycles. The van der Waals surface area contributed by atoms with Crippen LogP contribution < -0.4 is 10.9 Å². The van der Waals surface area contributed by atoms with Crippen LogP contribution in [0.25, 0.3) is 10.8 Å². The summed E-state index contributed by atoms with van der Waals surface area (Å²) in [4.78, 5) is 14.8. The van der Waals surface area contributed by atoms with Gasteiger partial charge in [0.2, 0.25) is 0 Å². The summed E-state index contributed by atoms with van der Waals surface area (Å²) >= 11 is 0. The fourth-order valence-corrected chi connectivity index (χ4v) is 2.27. The van der Waals surface area contributed by atoms with Gasteiger partial charge in [-0.15, -0.1) is 10.2 Å². The van der Waals surface area contributed by atoms with Crippen molar-refractivity contribution < 1.29 is 0 Å². The van der Waals surface area contributed by atoms with Gasteiger partial charge < -0.3 is 14.9 Å². The second-order valence-corrected chi connectivity index (χ2v) is 4.77. The number of aromatic amines is 1. The lowest BCUT2D eigenvalue weighted by molar-refractivity contribution is 0.716. The quantitative estimate of drug-likeness (QED) is 0.760. The van der Waals surface area contributed by atoms with Crippen molar-refractivity contribution in [3.63, 3.8) is 0 Å². The summed E-state index contributed by atoms with van der Waals surface area (Å²) in [5.41, 5.74) is -0.101. The molecule has 1 aromatic carbocycles. The standard InChI is InChI=1S/C14H15N5O/c1-9(13-18-15-8-19(13)2)16-12-7-10-5-3-4-6-11(10)14(20)17-12/h3-9H,1-2H3,(H2,16,17,20). The van der Waals surface area contributed by atoms with Crippen molar-refractivity contribution in [1.82, 2.24) is 19.7 Å². The molecular formula is C14H15N5O. The van der Waals surface area contributed by atoms with E-state index in [-0.39, 0.29) is 11.6 Å². The summed E-state index contributed by atoms with van der Waals surface area (Å²) in [6, 6.07) is 9.36. The van der Waals surface area contributed by atoms with Crippen LogP contribution in [-0.4, -0.2) is 19.7 Å². The van der Waals surface area contributed by atoms with Gasteiger partial charge in [-0.25, -0.2) is 0 Å². The van der Waals surface area contributed by atoms with Gasteiger partial charge in [-0.05, 0) is 24.4 Å². The third-order valence-corrected chi connectivity index (χ3v) is 3.26. The van der Waals surface area contributed by atoms with Crippen molar-refractivity contribution in [3.05, 3.63) is 52.8 Å². The van der Waals surface area contributed by atoms with Crippen molar-refractivity contribution in [1.29, 1.82) is 0 Å². The number of fused-ring (bicyclic) bond motifs is 1. The number of nitrogens with zero attached hydrogens (tertiary/aromatic N) is 3. The maximum absolute atomic E-state index is 12.0. The minimum atomic E-state index is -0.101. The molecule has 2 aromatic heterocycles. The molecule has 2 N–H and O–H groups in total. The third kappa shape index (κ3) is 2.16. The molecule has 0 aliphatic rings. The predicted octanol–water partition coefficient (Wildman–Crippen LogP) is 1.83. The molecule has 3 rings (SSSR count). The first-order valence-electron chi connectivity index (χ1n) is 6.37. The number of hydrogen-bond donors (Lipinski definition) is 2. The molecule has 2 heterocycles. The number of aryl methyl sites for hydroxylation is 1. The largest absolute Gasteiger partial charge is 0.362 e. The Bertz CT molecular complexity index is 804. The number of H-pyrrole nitrogens is 1. The highest BCUT2D eigenvalue weighted by Gasteiger charge is 2.12. The van der Waals surface area contributed by atoms with Crippen LogP contribution in [0.5, 0.6) is 0 Å². The Morgan fingerprint density at radius 1 is 1.35 bits per heavy atom. The van der Waals surface area contributed by atoms with Crippen molar-refractivity contribution >= 4 is 16.6 Å². The molecule has 0 spiro atoms. The van der Waals surface area contributed by atoms with Crippen molar-refractivity contribution in [2.24, 2.45) is 7.05 Å². The molecule has 6 nitrogen and oxygen atoms in total. The topological polar surface area (TPSA) is 75.6 Å². The fraction of sp³-hybridized carbons (Fsp3) is 0.214. The highest BCUT2D eigenvalue weighted by molar-refractivity contribution is 5.83. The van der Waals surface area contributed by atoms with Crippen LogP contribution in [0, 0.1) is 0 Å². The molecule has 0 radical (unpaired) electrons. The van der Waals surface area contributed by atoms with Gasteiger partial charge in [0.1, 0.15) is 12.1 Å². The van der Waals surface area contributed by atoms with E-state index in [1.807, 2.05) is 48.9 Å². The van der Waals surface area contributed by atoms with Crippen LogP contribution in [-0.2, 0) is 7.05 Å². The lowest BCUT2D eigenvalue weighted by atomic mass is 10.2. The smallest absolute Gasteiger partial charge is 0.257 e. The lowest BCUT2D eigenvalue weighted by Gasteiger charge is -2.14. The molecule has 0 saturated heterocycles. The molecule has 1 unspecified atom stereocenters. The van der Waals surface area contributed by atoms with Gasteiger partial charge in [0.05, 0.1) is 6.04 Å². The summed E-state index contributed by atoms with van der Waals surface area (Å²) in [7, 11) is 1.89. The average Bonchev–Trinajstić information content (AvgIpc) is 2.85. The molecule has 0 saturated carbocycles. The van der Waals surface area contributed by atoms with Crippen LogP contribution in [0.3, 0.4) is 0 Å². The van der Waals surface area contributed by atoms with Crippen molar-refractivity contribution in [2.45, 2.75) is 13.0 Å². The minimum Gasteiger partial charge on any atom is -0.362 e. The normalized spacial score (nSPS) is 12.5. The van der Waals surface area contributed by atoms with E-state index < -0.39 is 0 Å². The zero-order valence-corrected chi connectivity index (χ0v) is 11.3. The highest BCUT2D eigenvalue weighted by atomic mass is 16.1. The highest BCUT2D eigenvalue weighted by Crippen LogP contribution is 2.17. The summed E-state index contributed by atoms with van der Waals surface area (Å²) in [5.74, 6) is 1.48. The Labute approximate surface area is 115 Å². The van der Waals surface area contributed by atoms with Crippen LogP contribution in [0.1, 0.15) is 18.8 Å². The molecule has 0 aliphatic heterocycles. The van der Waals surface area contributed by atoms with Gasteiger partial charge in [-0.3, -0.25) is 4.79 Å². The van der Waals surface area contributed by atoms with Gasteiger partial charge in [0.25, 0.3) is 5.56 Å². The Balaban J connectivity index is 1.95. The van der Waals surface area contributed by atoms with E-state index in [4.69, 9.17) is 0 Å². The van der Waals surface area contributed by atoms with Gasteiger partial charge in [-0.1, -0.05) is 18.2 Å². The predicted molar refractivity (Wildman–Crippen MR) is 77.6 cm³/mol. The van der Waals surface area contributed by atoms with Crippen LogP contribution >= 0.6 is 0 Å². The van der Waals surface area contributed by atoms with Crippen LogP contribution in [0.15, 0.2) is 41.5 Å². The SMILES string of the molecule is CC(Nc1cc2ccccc2c(=O)[nH]1)c1nncn1C. The van der Waals surface area contributed by atoms with Gasteiger partial charge >= 0.3 is 0 Å². The first-order chi connectivity index (χ1) is 9.65. The molecule has 102 valence electrons. The number of benzene rings is 1. The maximum atomic E-state index is 12.0. The molecule has 1 atom stereocenters. The molecule has 0 bridgehead atoms. The number of pyridine rings is 1. The van der Waals surface area contributed by atoms with E-state index in [0.717, 1.165) is 11.2 Å². The van der Waals surface area contributed by atoms with Crippen LogP contribution in [0.4, 0.5) is 5.82 Å². The van der Waals surface area contributed by atoms with Crippen LogP contribution in [0.2, 0.25) is 0 Å². The van der Waals surface area contributed by atoms with E-state index in [2.05, 4.69) is 20.5 Å². The Morgan fingerprint density at radius 2 is 2.15 bits per heavy atom. The molecule has 6 heteroatoms. The van der Waals surface area contributed by atoms with Gasteiger partial charge in [-0.2, -0.15) is 0 Å². The average molecular weight is 269 g/mol. The van der Waals surface area contributed by atoms with E-state index in [1.54, 1.807) is 6.33 Å². The van der Waals surface area contributed by atoms with Crippen molar-refractivity contribution in [3.8, 4) is 0 Å². The van der Waals surface area contributed by atoms with Gasteiger partial charge in [0.15, 0.2) is 5.82 Å². The first kappa shape index (κ1) is 12.4. The molecule has 20 heavy (non-hydrogen) atoms. The summed E-state index contributed by atoms with van der Waals surface area (Å²) < 4.78 is 1.84. The van der Waals surface area contributed by atoms with Crippen molar-refractivity contribution in [2.75, 3.05) is 5.32 Å². The summed E-state index contributed by atoms with van der Waals surface area (Å²) in [6.07, 6.45) is 1.65.